The van der Waals surface area contributed by atoms with E-state index in [-0.39, 0.29) is 35.5 Å². The van der Waals surface area contributed by atoms with E-state index in [1.165, 1.54) is 5.01 Å². The zero-order valence-corrected chi connectivity index (χ0v) is 17.0. The van der Waals surface area contributed by atoms with Crippen LogP contribution in [0.4, 0.5) is 0 Å². The van der Waals surface area contributed by atoms with Crippen LogP contribution in [0.1, 0.15) is 38.4 Å². The molecule has 1 aromatic heterocycles. The highest BCUT2D eigenvalue weighted by Crippen LogP contribution is 2.25. The highest BCUT2D eigenvalue weighted by molar-refractivity contribution is 14.0. The second-order valence-electron chi connectivity index (χ2n) is 6.51. The molecule has 0 saturated carbocycles. The molecule has 1 aromatic rings. The summed E-state index contributed by atoms with van der Waals surface area (Å²) in [4.78, 5) is 11.2. The molecule has 1 aliphatic rings. The van der Waals surface area contributed by atoms with Gasteiger partial charge in [0.2, 0.25) is 0 Å². The second kappa shape index (κ2) is 8.44. The van der Waals surface area contributed by atoms with Crippen LogP contribution in [-0.4, -0.2) is 48.2 Å². The molecule has 1 aliphatic heterocycles. The van der Waals surface area contributed by atoms with E-state index >= 15 is 0 Å². The van der Waals surface area contributed by atoms with E-state index in [0.29, 0.717) is 12.5 Å². The largest absolute Gasteiger partial charge is 0.375 e. The summed E-state index contributed by atoms with van der Waals surface area (Å²) in [6, 6.07) is 0. The molecular formula is C15H27IN4OS. The number of morpholine rings is 1. The minimum atomic E-state index is 0. The summed E-state index contributed by atoms with van der Waals surface area (Å²) in [7, 11) is 0. The number of aliphatic imine (C=N–C) groups is 1. The van der Waals surface area contributed by atoms with Crippen molar-refractivity contribution in [3.63, 3.8) is 0 Å². The number of hydrogen-bond acceptors (Lipinski definition) is 4. The standard InChI is InChI=1S/C15H26N4OS.HI/c1-11-9-19(7-8-20-11)14(16)17-6-5-12-10-21-13(18-12)15(2,3)4;/h10-11H,5-9H2,1-4H3,(H2,16,17);1H. The van der Waals surface area contributed by atoms with Crippen molar-refractivity contribution in [1.82, 2.24) is 9.88 Å². The molecule has 0 radical (unpaired) electrons. The fraction of sp³-hybridized carbons (Fsp3) is 0.733. The summed E-state index contributed by atoms with van der Waals surface area (Å²) in [5.41, 5.74) is 7.28. The van der Waals surface area contributed by atoms with E-state index in [9.17, 15) is 0 Å². The van der Waals surface area contributed by atoms with Gasteiger partial charge in [-0.15, -0.1) is 35.3 Å². The molecule has 1 saturated heterocycles. The lowest BCUT2D eigenvalue weighted by molar-refractivity contribution is 0.00530. The Morgan fingerprint density at radius 1 is 1.55 bits per heavy atom. The molecule has 0 bridgehead atoms. The van der Waals surface area contributed by atoms with Gasteiger partial charge in [0.1, 0.15) is 0 Å². The summed E-state index contributed by atoms with van der Waals surface area (Å²) >= 11 is 1.73. The first-order chi connectivity index (χ1) is 9.86. The summed E-state index contributed by atoms with van der Waals surface area (Å²) in [6.45, 7) is 11.7. The van der Waals surface area contributed by atoms with Crippen molar-refractivity contribution >= 4 is 41.3 Å². The maximum absolute atomic E-state index is 6.05. The lowest BCUT2D eigenvalue weighted by Gasteiger charge is -2.31. The van der Waals surface area contributed by atoms with Crippen LogP contribution < -0.4 is 5.73 Å². The molecule has 0 aromatic carbocycles. The van der Waals surface area contributed by atoms with Gasteiger partial charge in [0.15, 0.2) is 5.96 Å². The number of rotatable bonds is 3. The molecule has 126 valence electrons. The number of thiazole rings is 1. The molecule has 2 heterocycles. The van der Waals surface area contributed by atoms with Crippen molar-refractivity contribution in [1.29, 1.82) is 0 Å². The predicted octanol–water partition coefficient (Wildman–Crippen LogP) is 2.64. The van der Waals surface area contributed by atoms with Gasteiger partial charge in [-0.2, -0.15) is 0 Å². The van der Waals surface area contributed by atoms with Crippen LogP contribution in [0.15, 0.2) is 10.4 Å². The topological polar surface area (TPSA) is 63.7 Å². The van der Waals surface area contributed by atoms with Crippen LogP contribution in [0, 0.1) is 0 Å². The number of aromatic nitrogens is 1. The fourth-order valence-electron chi connectivity index (χ4n) is 2.18. The third kappa shape index (κ3) is 5.66. The summed E-state index contributed by atoms with van der Waals surface area (Å²) in [5, 5.41) is 3.31. The molecular weight excluding hydrogens is 411 g/mol. The molecule has 22 heavy (non-hydrogen) atoms. The maximum atomic E-state index is 6.05. The van der Waals surface area contributed by atoms with Gasteiger partial charge in [-0.1, -0.05) is 20.8 Å². The minimum absolute atomic E-state index is 0. The molecule has 0 aliphatic carbocycles. The van der Waals surface area contributed by atoms with E-state index in [1.807, 2.05) is 0 Å². The van der Waals surface area contributed by atoms with Gasteiger partial charge in [0.05, 0.1) is 23.4 Å². The van der Waals surface area contributed by atoms with Gasteiger partial charge in [0.25, 0.3) is 0 Å². The van der Waals surface area contributed by atoms with E-state index in [0.717, 1.165) is 31.8 Å². The predicted molar refractivity (Wildman–Crippen MR) is 103 cm³/mol. The SMILES string of the molecule is CC1CN(C(N)=NCCc2csc(C(C)(C)C)n2)CCO1.I. The summed E-state index contributed by atoms with van der Waals surface area (Å²) in [6.07, 6.45) is 1.06. The number of hydrogen-bond donors (Lipinski definition) is 1. The highest BCUT2D eigenvalue weighted by atomic mass is 127. The maximum Gasteiger partial charge on any atom is 0.191 e. The molecule has 2 N–H and O–H groups in total. The van der Waals surface area contributed by atoms with Crippen molar-refractivity contribution in [3.8, 4) is 0 Å². The molecule has 1 atom stereocenters. The van der Waals surface area contributed by atoms with Crippen LogP contribution in [0.25, 0.3) is 0 Å². The van der Waals surface area contributed by atoms with Gasteiger partial charge in [-0.3, -0.25) is 4.99 Å². The second-order valence-corrected chi connectivity index (χ2v) is 7.37. The van der Waals surface area contributed by atoms with Crippen LogP contribution in [0.2, 0.25) is 0 Å². The first-order valence-corrected chi connectivity index (χ1v) is 8.35. The van der Waals surface area contributed by atoms with E-state index in [2.05, 4.69) is 48.0 Å². The lowest BCUT2D eigenvalue weighted by Crippen LogP contribution is -2.47. The Bertz CT molecular complexity index is 498. The Labute approximate surface area is 154 Å². The molecule has 7 heteroatoms. The van der Waals surface area contributed by atoms with Crippen LogP contribution in [-0.2, 0) is 16.6 Å². The third-order valence-corrected chi connectivity index (χ3v) is 4.72. The smallest absolute Gasteiger partial charge is 0.191 e. The number of nitrogens with zero attached hydrogens (tertiary/aromatic N) is 3. The zero-order valence-electron chi connectivity index (χ0n) is 13.8. The van der Waals surface area contributed by atoms with Crippen molar-refractivity contribution in [3.05, 3.63) is 16.1 Å². The highest BCUT2D eigenvalue weighted by Gasteiger charge is 2.19. The molecule has 1 unspecified atom stereocenters. The van der Waals surface area contributed by atoms with Crippen LogP contribution in [0.5, 0.6) is 0 Å². The Morgan fingerprint density at radius 3 is 2.86 bits per heavy atom. The summed E-state index contributed by atoms with van der Waals surface area (Å²) in [5.74, 6) is 0.622. The van der Waals surface area contributed by atoms with Crippen molar-refractivity contribution in [2.24, 2.45) is 10.7 Å². The van der Waals surface area contributed by atoms with Gasteiger partial charge >= 0.3 is 0 Å². The van der Waals surface area contributed by atoms with E-state index < -0.39 is 0 Å². The fourth-order valence-corrected chi connectivity index (χ4v) is 3.12. The number of halogens is 1. The third-order valence-electron chi connectivity index (χ3n) is 3.40. The molecule has 0 amide bonds. The minimum Gasteiger partial charge on any atom is -0.375 e. The van der Waals surface area contributed by atoms with Gasteiger partial charge in [-0.25, -0.2) is 4.98 Å². The first kappa shape index (κ1) is 19.6. The molecule has 1 fully saturated rings. The molecule has 2 rings (SSSR count). The number of ether oxygens (including phenoxy) is 1. The Morgan fingerprint density at radius 2 is 2.27 bits per heavy atom. The van der Waals surface area contributed by atoms with Gasteiger partial charge < -0.3 is 15.4 Å². The van der Waals surface area contributed by atoms with Gasteiger partial charge in [-0.05, 0) is 6.92 Å². The van der Waals surface area contributed by atoms with E-state index in [4.69, 9.17) is 10.5 Å². The van der Waals surface area contributed by atoms with Crippen molar-refractivity contribution in [2.75, 3.05) is 26.2 Å². The first-order valence-electron chi connectivity index (χ1n) is 7.47. The van der Waals surface area contributed by atoms with Gasteiger partial charge in [0, 0.05) is 36.9 Å². The van der Waals surface area contributed by atoms with Crippen LogP contribution in [0.3, 0.4) is 0 Å². The monoisotopic (exact) mass is 438 g/mol. The van der Waals surface area contributed by atoms with Crippen molar-refractivity contribution < 1.29 is 4.74 Å². The van der Waals surface area contributed by atoms with Crippen LogP contribution >= 0.6 is 35.3 Å². The quantitative estimate of drug-likeness (QED) is 0.448. The number of guanidine groups is 1. The van der Waals surface area contributed by atoms with Crippen molar-refractivity contribution in [2.45, 2.75) is 45.6 Å². The molecule has 5 nitrogen and oxygen atoms in total. The zero-order chi connectivity index (χ0) is 15.5. The number of nitrogens with two attached hydrogens (primary N) is 1. The summed E-state index contributed by atoms with van der Waals surface area (Å²) < 4.78 is 5.51. The molecule has 0 spiro atoms. The Balaban J connectivity index is 0.00000242. The lowest BCUT2D eigenvalue weighted by atomic mass is 9.98. The Hall–Kier alpha value is -0.410. The average Bonchev–Trinajstić information content (AvgIpc) is 2.87. The average molecular weight is 438 g/mol. The normalized spacial score (nSPS) is 19.9. The Kier molecular flexibility index (Phi) is 7.54. The van der Waals surface area contributed by atoms with E-state index in [1.54, 1.807) is 11.3 Å².